The fourth-order valence-corrected chi connectivity index (χ4v) is 2.97. The lowest BCUT2D eigenvalue weighted by Gasteiger charge is -2.06. The van der Waals surface area contributed by atoms with Crippen molar-refractivity contribution in [2.75, 3.05) is 11.9 Å². The van der Waals surface area contributed by atoms with E-state index in [-0.39, 0.29) is 12.4 Å². The summed E-state index contributed by atoms with van der Waals surface area (Å²) in [5.74, 6) is -1.37. The molecular formula is C19H19N3O5S. The molecule has 1 amide bonds. The van der Waals surface area contributed by atoms with Crippen LogP contribution < -0.4 is 11.1 Å². The molecule has 0 aliphatic heterocycles. The highest BCUT2D eigenvalue weighted by Crippen LogP contribution is 2.21. The van der Waals surface area contributed by atoms with Crippen LogP contribution in [-0.4, -0.2) is 28.3 Å². The van der Waals surface area contributed by atoms with E-state index in [0.29, 0.717) is 22.7 Å². The first-order valence-corrected chi connectivity index (χ1v) is 9.63. The molecule has 0 aliphatic carbocycles. The Labute approximate surface area is 164 Å². The van der Waals surface area contributed by atoms with E-state index in [2.05, 4.69) is 10.4 Å². The summed E-state index contributed by atoms with van der Waals surface area (Å²) in [4.78, 5) is 36.6. The van der Waals surface area contributed by atoms with Gasteiger partial charge in [0.15, 0.2) is 0 Å². The van der Waals surface area contributed by atoms with Crippen LogP contribution >= 0.6 is 11.3 Å². The van der Waals surface area contributed by atoms with Crippen LogP contribution in [0.4, 0.5) is 5.69 Å². The number of nitrogens with zero attached hydrogens (tertiary/aromatic N) is 2. The third-order valence-corrected chi connectivity index (χ3v) is 4.62. The number of benzene rings is 1. The maximum Gasteiger partial charge on any atom is 0.437 e. The van der Waals surface area contributed by atoms with E-state index >= 15 is 0 Å². The van der Waals surface area contributed by atoms with Gasteiger partial charge in [-0.1, -0.05) is 19.4 Å². The summed E-state index contributed by atoms with van der Waals surface area (Å²) >= 11 is 1.38. The van der Waals surface area contributed by atoms with Crippen LogP contribution in [-0.2, 0) is 16.1 Å². The fourth-order valence-electron chi connectivity index (χ4n) is 2.32. The largest absolute Gasteiger partial charge is 0.462 e. The number of carbonyl (C=O) groups excluding carboxylic acids is 2. The Morgan fingerprint density at radius 1 is 1.25 bits per heavy atom. The SMILES string of the molecule is CCCCOC(=O)c1ccc(NC(=O)Cn2nc(-c3cccs3)oc2=O)cc1. The van der Waals surface area contributed by atoms with Crippen LogP contribution in [0.3, 0.4) is 0 Å². The van der Waals surface area contributed by atoms with Crippen LogP contribution in [0.5, 0.6) is 0 Å². The quantitative estimate of drug-likeness (QED) is 0.459. The number of thiophene rings is 1. The fraction of sp³-hybridized carbons (Fsp3) is 0.263. The maximum absolute atomic E-state index is 12.2. The molecule has 3 aromatic rings. The Hall–Kier alpha value is -3.20. The predicted octanol–water partition coefficient (Wildman–Crippen LogP) is 3.16. The molecule has 9 heteroatoms. The van der Waals surface area contributed by atoms with Gasteiger partial charge in [-0.25, -0.2) is 9.59 Å². The minimum atomic E-state index is -0.705. The number of unbranched alkanes of at least 4 members (excludes halogenated alkanes) is 1. The molecule has 0 saturated heterocycles. The highest BCUT2D eigenvalue weighted by Gasteiger charge is 2.14. The van der Waals surface area contributed by atoms with Gasteiger partial charge in [0.2, 0.25) is 5.91 Å². The zero-order chi connectivity index (χ0) is 19.9. The van der Waals surface area contributed by atoms with Crippen molar-refractivity contribution in [1.29, 1.82) is 0 Å². The van der Waals surface area contributed by atoms with Gasteiger partial charge in [-0.3, -0.25) is 4.79 Å². The lowest BCUT2D eigenvalue weighted by molar-refractivity contribution is -0.117. The second-order valence-electron chi connectivity index (χ2n) is 5.92. The first kappa shape index (κ1) is 19.6. The Balaban J connectivity index is 1.58. The molecule has 0 radical (unpaired) electrons. The third kappa shape index (κ3) is 4.95. The molecule has 0 atom stereocenters. The van der Waals surface area contributed by atoms with Gasteiger partial charge in [-0.05, 0) is 42.1 Å². The number of esters is 1. The monoisotopic (exact) mass is 401 g/mol. The number of hydrogen-bond acceptors (Lipinski definition) is 7. The summed E-state index contributed by atoms with van der Waals surface area (Å²) in [6.45, 7) is 2.11. The Kier molecular flexibility index (Phi) is 6.38. The van der Waals surface area contributed by atoms with Crippen LogP contribution in [0.2, 0.25) is 0 Å². The van der Waals surface area contributed by atoms with E-state index in [0.717, 1.165) is 17.5 Å². The second kappa shape index (κ2) is 9.14. The van der Waals surface area contributed by atoms with Gasteiger partial charge in [0.05, 0.1) is 17.0 Å². The summed E-state index contributed by atoms with van der Waals surface area (Å²) in [5.41, 5.74) is 0.896. The van der Waals surface area contributed by atoms with E-state index in [4.69, 9.17) is 9.15 Å². The van der Waals surface area contributed by atoms with Crippen molar-refractivity contribution in [2.45, 2.75) is 26.3 Å². The van der Waals surface area contributed by atoms with E-state index in [1.807, 2.05) is 18.4 Å². The van der Waals surface area contributed by atoms with Crippen molar-refractivity contribution in [2.24, 2.45) is 0 Å². The minimum Gasteiger partial charge on any atom is -0.462 e. The van der Waals surface area contributed by atoms with Crippen molar-refractivity contribution < 1.29 is 18.7 Å². The van der Waals surface area contributed by atoms with Gasteiger partial charge >= 0.3 is 11.7 Å². The molecule has 2 aromatic heterocycles. The summed E-state index contributed by atoms with van der Waals surface area (Å²) in [6.07, 6.45) is 1.76. The second-order valence-corrected chi connectivity index (χ2v) is 6.87. The summed E-state index contributed by atoms with van der Waals surface area (Å²) in [6, 6.07) is 9.92. The number of anilines is 1. The molecule has 0 unspecified atom stereocenters. The standard InChI is InChI=1S/C19H19N3O5S/c1-2-3-10-26-18(24)13-6-8-14(9-7-13)20-16(23)12-22-19(25)27-17(21-22)15-5-4-11-28-15/h4-9,11H,2-3,10,12H2,1H3,(H,20,23). The van der Waals surface area contributed by atoms with E-state index in [1.54, 1.807) is 30.3 Å². The van der Waals surface area contributed by atoms with Crippen LogP contribution in [0.25, 0.3) is 10.8 Å². The number of rotatable bonds is 8. The Morgan fingerprint density at radius 3 is 2.71 bits per heavy atom. The van der Waals surface area contributed by atoms with Crippen molar-refractivity contribution in [3.63, 3.8) is 0 Å². The molecule has 146 valence electrons. The van der Waals surface area contributed by atoms with Crippen molar-refractivity contribution in [3.8, 4) is 10.8 Å². The zero-order valence-corrected chi connectivity index (χ0v) is 16.0. The number of nitrogens with one attached hydrogen (secondary N) is 1. The van der Waals surface area contributed by atoms with E-state index in [9.17, 15) is 14.4 Å². The highest BCUT2D eigenvalue weighted by atomic mass is 32.1. The van der Waals surface area contributed by atoms with Crippen LogP contribution in [0.15, 0.2) is 51.0 Å². The minimum absolute atomic E-state index is 0.179. The molecule has 0 saturated carbocycles. The highest BCUT2D eigenvalue weighted by molar-refractivity contribution is 7.13. The van der Waals surface area contributed by atoms with Gasteiger partial charge in [-0.2, -0.15) is 4.68 Å². The molecule has 2 heterocycles. The van der Waals surface area contributed by atoms with Gasteiger partial charge < -0.3 is 14.5 Å². The smallest absolute Gasteiger partial charge is 0.437 e. The molecule has 1 N–H and O–H groups in total. The Morgan fingerprint density at radius 2 is 2.04 bits per heavy atom. The average Bonchev–Trinajstić information content (AvgIpc) is 3.33. The van der Waals surface area contributed by atoms with Crippen molar-refractivity contribution in [1.82, 2.24) is 9.78 Å². The van der Waals surface area contributed by atoms with Gasteiger partial charge in [-0.15, -0.1) is 16.4 Å². The molecule has 3 rings (SSSR count). The molecule has 0 aliphatic rings. The predicted molar refractivity (Wildman–Crippen MR) is 104 cm³/mol. The van der Waals surface area contributed by atoms with Crippen molar-refractivity contribution >= 4 is 28.9 Å². The molecule has 1 aromatic carbocycles. The van der Waals surface area contributed by atoms with Gasteiger partial charge in [0.1, 0.15) is 6.54 Å². The number of aromatic nitrogens is 2. The number of hydrogen-bond donors (Lipinski definition) is 1. The first-order valence-electron chi connectivity index (χ1n) is 8.75. The average molecular weight is 401 g/mol. The van der Waals surface area contributed by atoms with Gasteiger partial charge in [0, 0.05) is 5.69 Å². The Bertz CT molecular complexity index is 990. The zero-order valence-electron chi connectivity index (χ0n) is 15.2. The summed E-state index contributed by atoms with van der Waals surface area (Å²) in [7, 11) is 0. The van der Waals surface area contributed by atoms with E-state index < -0.39 is 17.6 Å². The summed E-state index contributed by atoms with van der Waals surface area (Å²) in [5, 5.41) is 8.52. The lowest BCUT2D eigenvalue weighted by atomic mass is 10.2. The molecular weight excluding hydrogens is 382 g/mol. The van der Waals surface area contributed by atoms with E-state index in [1.165, 1.54) is 11.3 Å². The van der Waals surface area contributed by atoms with Crippen LogP contribution in [0.1, 0.15) is 30.1 Å². The molecule has 28 heavy (non-hydrogen) atoms. The topological polar surface area (TPSA) is 103 Å². The summed E-state index contributed by atoms with van der Waals surface area (Å²) < 4.78 is 11.2. The number of amides is 1. The maximum atomic E-state index is 12.2. The number of ether oxygens (including phenoxy) is 1. The lowest BCUT2D eigenvalue weighted by Crippen LogP contribution is -2.25. The molecule has 0 bridgehead atoms. The molecule has 8 nitrogen and oxygen atoms in total. The van der Waals surface area contributed by atoms with Gasteiger partial charge in [0.25, 0.3) is 5.89 Å². The first-order chi connectivity index (χ1) is 13.6. The van der Waals surface area contributed by atoms with Crippen molar-refractivity contribution in [3.05, 3.63) is 57.9 Å². The molecule has 0 spiro atoms. The molecule has 0 fully saturated rings. The third-order valence-electron chi connectivity index (χ3n) is 3.77. The van der Waals surface area contributed by atoms with Crippen LogP contribution in [0, 0.1) is 0 Å². The normalized spacial score (nSPS) is 10.6. The number of carbonyl (C=O) groups is 2.